The van der Waals surface area contributed by atoms with Gasteiger partial charge in [-0.2, -0.15) is 13.2 Å². The molecule has 0 heterocycles. The van der Waals surface area contributed by atoms with Crippen molar-refractivity contribution in [1.29, 1.82) is 0 Å². The Balaban J connectivity index is 3.32. The molecule has 0 unspecified atom stereocenters. The van der Waals surface area contributed by atoms with Crippen LogP contribution >= 0.6 is 0 Å². The first-order valence-corrected chi connectivity index (χ1v) is 7.74. The Labute approximate surface area is 117 Å². The van der Waals surface area contributed by atoms with Crippen LogP contribution < -0.4 is 0 Å². The highest BCUT2D eigenvalue weighted by Crippen LogP contribution is 2.30. The predicted octanol–water partition coefficient (Wildman–Crippen LogP) is 1.06. The molecule has 13 heteroatoms. The molecule has 0 aromatic heterocycles. The van der Waals surface area contributed by atoms with Crippen LogP contribution in [0.4, 0.5) is 18.9 Å². The van der Waals surface area contributed by atoms with E-state index < -0.39 is 44.8 Å². The van der Waals surface area contributed by atoms with Crippen molar-refractivity contribution in [2.75, 3.05) is 7.05 Å². The number of hydrogen-bond donors (Lipinski definition) is 0. The van der Waals surface area contributed by atoms with E-state index in [-0.39, 0.29) is 7.05 Å². The third-order valence-corrected chi connectivity index (χ3v) is 6.30. The molecule has 118 valence electrons. The number of non-ortho nitro benzene ring substituents is 1. The fourth-order valence-electron chi connectivity index (χ4n) is 1.16. The van der Waals surface area contributed by atoms with Crippen molar-refractivity contribution in [3.63, 3.8) is 0 Å². The Kier molecular flexibility index (Phi) is 4.32. The third-order valence-electron chi connectivity index (χ3n) is 2.31. The zero-order chi connectivity index (χ0) is 16.6. The average Bonchev–Trinajstić information content (AvgIpc) is 2.36. The lowest BCUT2D eigenvalue weighted by atomic mass is 10.3. The molecule has 0 aliphatic carbocycles. The molecule has 0 saturated carbocycles. The molecular formula is C8H7F3N2O6S2. The lowest BCUT2D eigenvalue weighted by molar-refractivity contribution is -0.384. The van der Waals surface area contributed by atoms with Crippen LogP contribution in [0.5, 0.6) is 0 Å². The molecule has 0 radical (unpaired) electrons. The second kappa shape index (κ2) is 5.23. The molecular weight excluding hydrogens is 341 g/mol. The van der Waals surface area contributed by atoms with E-state index >= 15 is 0 Å². The van der Waals surface area contributed by atoms with Crippen LogP contribution in [0.25, 0.3) is 0 Å². The summed E-state index contributed by atoms with van der Waals surface area (Å²) in [5, 5.41) is 10.4. The maximum atomic E-state index is 12.3. The summed E-state index contributed by atoms with van der Waals surface area (Å²) in [5.41, 5.74) is -6.30. The van der Waals surface area contributed by atoms with E-state index in [9.17, 15) is 40.1 Å². The highest BCUT2D eigenvalue weighted by atomic mass is 32.3. The van der Waals surface area contributed by atoms with Crippen molar-refractivity contribution in [2.24, 2.45) is 0 Å². The minimum atomic E-state index is -6.10. The maximum Gasteiger partial charge on any atom is 0.512 e. The summed E-state index contributed by atoms with van der Waals surface area (Å²) in [5.74, 6) is 0. The van der Waals surface area contributed by atoms with Gasteiger partial charge in [0.1, 0.15) is 0 Å². The van der Waals surface area contributed by atoms with Crippen LogP contribution in [0.2, 0.25) is 0 Å². The minimum Gasteiger partial charge on any atom is -0.258 e. The van der Waals surface area contributed by atoms with E-state index in [0.717, 1.165) is 12.1 Å². The van der Waals surface area contributed by atoms with Crippen molar-refractivity contribution >= 4 is 25.7 Å². The summed E-state index contributed by atoms with van der Waals surface area (Å²) >= 11 is 0. The minimum absolute atomic E-state index is 0.222. The zero-order valence-electron chi connectivity index (χ0n) is 10.1. The van der Waals surface area contributed by atoms with Crippen molar-refractivity contribution in [3.8, 4) is 0 Å². The Morgan fingerprint density at radius 2 is 1.52 bits per heavy atom. The number of halogens is 3. The summed E-state index contributed by atoms with van der Waals surface area (Å²) in [4.78, 5) is 8.70. The van der Waals surface area contributed by atoms with Gasteiger partial charge >= 0.3 is 15.5 Å². The molecule has 1 rings (SSSR count). The normalized spacial score (nSPS) is 13.4. The first-order valence-electron chi connectivity index (χ1n) is 4.86. The number of nitro benzene ring substituents is 1. The number of nitrogens with zero attached hydrogens (tertiary/aromatic N) is 2. The van der Waals surface area contributed by atoms with Gasteiger partial charge in [0.15, 0.2) is 0 Å². The van der Waals surface area contributed by atoms with Crippen molar-refractivity contribution in [3.05, 3.63) is 34.4 Å². The molecule has 0 saturated heterocycles. The number of nitro groups is 1. The number of sulfonamides is 2. The Bertz CT molecular complexity index is 754. The second-order valence-electron chi connectivity index (χ2n) is 3.59. The van der Waals surface area contributed by atoms with Crippen LogP contribution in [0, 0.1) is 10.1 Å². The second-order valence-corrected chi connectivity index (χ2v) is 7.75. The molecule has 21 heavy (non-hydrogen) atoms. The zero-order valence-corrected chi connectivity index (χ0v) is 11.7. The summed E-state index contributed by atoms with van der Waals surface area (Å²) in [6.07, 6.45) is 0. The highest BCUT2D eigenvalue weighted by Gasteiger charge is 2.52. The first kappa shape index (κ1) is 17.3. The van der Waals surface area contributed by atoms with Crippen molar-refractivity contribution in [1.82, 2.24) is 3.71 Å². The number of rotatable bonds is 4. The van der Waals surface area contributed by atoms with E-state index in [1.807, 2.05) is 0 Å². The van der Waals surface area contributed by atoms with E-state index in [4.69, 9.17) is 0 Å². The van der Waals surface area contributed by atoms with Crippen LogP contribution in [0.3, 0.4) is 0 Å². The topological polar surface area (TPSA) is 115 Å². The largest absolute Gasteiger partial charge is 0.512 e. The monoisotopic (exact) mass is 348 g/mol. The average molecular weight is 348 g/mol. The molecule has 1 aromatic carbocycles. The molecule has 0 atom stereocenters. The van der Waals surface area contributed by atoms with E-state index in [2.05, 4.69) is 0 Å². The highest BCUT2D eigenvalue weighted by molar-refractivity contribution is 8.04. The van der Waals surface area contributed by atoms with Crippen LogP contribution in [-0.4, -0.2) is 38.0 Å². The Morgan fingerprint density at radius 1 is 1.10 bits per heavy atom. The van der Waals surface area contributed by atoms with Crippen molar-refractivity contribution < 1.29 is 34.9 Å². The number of hydrogen-bond acceptors (Lipinski definition) is 6. The van der Waals surface area contributed by atoms with Gasteiger partial charge in [-0.15, -0.1) is 0 Å². The molecule has 0 amide bonds. The molecule has 0 aliphatic heterocycles. The lowest BCUT2D eigenvalue weighted by Crippen LogP contribution is -2.41. The number of benzene rings is 1. The fraction of sp³-hybridized carbons (Fsp3) is 0.250. The van der Waals surface area contributed by atoms with Crippen LogP contribution in [-0.2, 0) is 20.0 Å². The van der Waals surface area contributed by atoms with Crippen molar-refractivity contribution in [2.45, 2.75) is 10.4 Å². The van der Waals surface area contributed by atoms with Crippen LogP contribution in [0.1, 0.15) is 0 Å². The maximum absolute atomic E-state index is 12.3. The Morgan fingerprint density at radius 3 is 1.86 bits per heavy atom. The standard InChI is InChI=1S/C8H7F3N2O6S2/c1-12(21(18,19)8(9,10)11)20(16,17)7-4-2-6(3-5-7)13(14)15/h2-5H,1H3. The number of alkyl halides is 3. The van der Waals surface area contributed by atoms with Gasteiger partial charge in [0.05, 0.1) is 9.82 Å². The molecule has 0 bridgehead atoms. The molecule has 0 N–H and O–H groups in total. The van der Waals surface area contributed by atoms with Crippen LogP contribution in [0.15, 0.2) is 29.2 Å². The van der Waals surface area contributed by atoms with Gasteiger partial charge in [0.2, 0.25) is 0 Å². The molecule has 1 aromatic rings. The summed E-state index contributed by atoms with van der Waals surface area (Å²) in [6.45, 7) is 0. The van der Waals surface area contributed by atoms with Gasteiger partial charge in [0, 0.05) is 19.2 Å². The quantitative estimate of drug-likeness (QED) is 0.594. The smallest absolute Gasteiger partial charge is 0.258 e. The van der Waals surface area contributed by atoms with Gasteiger partial charge in [-0.05, 0) is 12.1 Å². The first-order chi connectivity index (χ1) is 9.31. The molecule has 0 spiro atoms. The SMILES string of the molecule is CN(S(=O)(=O)c1ccc([N+](=O)[O-])cc1)S(=O)(=O)C(F)(F)F. The molecule has 0 fully saturated rings. The predicted molar refractivity (Wildman–Crippen MR) is 63.0 cm³/mol. The van der Waals surface area contributed by atoms with E-state index in [1.54, 1.807) is 0 Å². The summed E-state index contributed by atoms with van der Waals surface area (Å²) in [7, 11) is -10.9. The van der Waals surface area contributed by atoms with E-state index in [1.165, 1.54) is 0 Å². The summed E-state index contributed by atoms with van der Waals surface area (Å²) in [6, 6.07) is 2.72. The van der Waals surface area contributed by atoms with Gasteiger partial charge in [0.25, 0.3) is 15.7 Å². The molecule has 8 nitrogen and oxygen atoms in total. The van der Waals surface area contributed by atoms with Gasteiger partial charge < -0.3 is 0 Å². The van der Waals surface area contributed by atoms with E-state index in [0.29, 0.717) is 12.1 Å². The van der Waals surface area contributed by atoms with Gasteiger partial charge in [-0.3, -0.25) is 10.1 Å². The lowest BCUT2D eigenvalue weighted by Gasteiger charge is -2.18. The molecule has 0 aliphatic rings. The van der Waals surface area contributed by atoms with Gasteiger partial charge in [-0.1, -0.05) is 3.71 Å². The Hall–Kier alpha value is -1.73. The summed E-state index contributed by atoms with van der Waals surface area (Å²) < 4.78 is 81.8. The fourth-order valence-corrected chi connectivity index (χ4v) is 3.78. The third kappa shape index (κ3) is 3.14. The van der Waals surface area contributed by atoms with Gasteiger partial charge in [-0.25, -0.2) is 16.8 Å².